The summed E-state index contributed by atoms with van der Waals surface area (Å²) >= 11 is 1.10. The van der Waals surface area contributed by atoms with Crippen LogP contribution < -0.4 is 5.32 Å². The Balaban J connectivity index is 2.02. The summed E-state index contributed by atoms with van der Waals surface area (Å²) in [5.74, 6) is 0.460. The molecule has 2 rings (SSSR count). The minimum atomic E-state index is -4.30. The van der Waals surface area contributed by atoms with Crippen molar-refractivity contribution in [1.29, 1.82) is 0 Å². The molecule has 0 atom stereocenters. The SMILES string of the molecule is FC(F)(F)c1csc(CC2CNC2)n1. The van der Waals surface area contributed by atoms with Gasteiger partial charge in [-0.05, 0) is 19.0 Å². The number of thiazole rings is 1. The van der Waals surface area contributed by atoms with Crippen molar-refractivity contribution in [3.63, 3.8) is 0 Å². The fraction of sp³-hybridized carbons (Fsp3) is 0.625. The van der Waals surface area contributed by atoms with Gasteiger partial charge in [-0.1, -0.05) is 0 Å². The first-order valence-corrected chi connectivity index (χ1v) is 5.16. The average Bonchev–Trinajstić information content (AvgIpc) is 2.43. The van der Waals surface area contributed by atoms with Crippen LogP contribution in [0.3, 0.4) is 0 Å². The molecule has 2 nitrogen and oxygen atoms in total. The van der Waals surface area contributed by atoms with Crippen LogP contribution in [0.15, 0.2) is 5.38 Å². The minimum absolute atomic E-state index is 0.460. The van der Waals surface area contributed by atoms with E-state index in [1.165, 1.54) is 0 Å². The maximum Gasteiger partial charge on any atom is 0.434 e. The molecule has 0 aromatic carbocycles. The molecule has 1 fully saturated rings. The Morgan fingerprint density at radius 2 is 2.21 bits per heavy atom. The molecule has 0 spiro atoms. The van der Waals surface area contributed by atoms with Gasteiger partial charge in [0.05, 0.1) is 5.01 Å². The van der Waals surface area contributed by atoms with Crippen LogP contribution in [-0.2, 0) is 12.6 Å². The molecule has 0 aliphatic carbocycles. The van der Waals surface area contributed by atoms with E-state index < -0.39 is 11.9 Å². The molecule has 0 amide bonds. The normalized spacial score (nSPS) is 18.2. The van der Waals surface area contributed by atoms with Gasteiger partial charge < -0.3 is 5.32 Å². The summed E-state index contributed by atoms with van der Waals surface area (Å²) in [7, 11) is 0. The van der Waals surface area contributed by atoms with Gasteiger partial charge >= 0.3 is 6.18 Å². The number of alkyl halides is 3. The molecule has 0 bridgehead atoms. The summed E-state index contributed by atoms with van der Waals surface area (Å²) < 4.78 is 36.5. The Morgan fingerprint density at radius 3 is 2.64 bits per heavy atom. The molecule has 1 aliphatic rings. The summed E-state index contributed by atoms with van der Waals surface area (Å²) in [5.41, 5.74) is -0.759. The van der Waals surface area contributed by atoms with Gasteiger partial charge in [0.25, 0.3) is 0 Å². The molecule has 0 unspecified atom stereocenters. The van der Waals surface area contributed by atoms with Gasteiger partial charge in [0.2, 0.25) is 0 Å². The molecule has 14 heavy (non-hydrogen) atoms. The summed E-state index contributed by atoms with van der Waals surface area (Å²) in [6.45, 7) is 1.78. The first kappa shape index (κ1) is 9.92. The van der Waals surface area contributed by atoms with E-state index in [9.17, 15) is 13.2 Å². The molecule has 1 saturated heterocycles. The molecule has 0 radical (unpaired) electrons. The Labute approximate surface area is 83.2 Å². The molecule has 1 aromatic rings. The van der Waals surface area contributed by atoms with E-state index >= 15 is 0 Å². The quantitative estimate of drug-likeness (QED) is 0.827. The summed E-state index contributed by atoms with van der Waals surface area (Å²) in [5, 5.41) is 4.74. The van der Waals surface area contributed by atoms with Gasteiger partial charge in [-0.25, -0.2) is 4.98 Å². The number of hydrogen-bond donors (Lipinski definition) is 1. The molecule has 1 N–H and O–H groups in total. The van der Waals surface area contributed by atoms with Gasteiger partial charge in [-0.2, -0.15) is 13.2 Å². The molecule has 78 valence electrons. The van der Waals surface area contributed by atoms with E-state index in [2.05, 4.69) is 10.3 Å². The Morgan fingerprint density at radius 1 is 1.50 bits per heavy atom. The number of rotatable bonds is 2. The van der Waals surface area contributed by atoms with Gasteiger partial charge in [0.15, 0.2) is 5.69 Å². The molecular weight excluding hydrogens is 213 g/mol. The van der Waals surface area contributed by atoms with Crippen LogP contribution in [0.4, 0.5) is 13.2 Å². The Kier molecular flexibility index (Phi) is 2.48. The van der Waals surface area contributed by atoms with Crippen LogP contribution in [-0.4, -0.2) is 18.1 Å². The second kappa shape index (κ2) is 3.51. The van der Waals surface area contributed by atoms with E-state index in [1.54, 1.807) is 0 Å². The van der Waals surface area contributed by atoms with Crippen LogP contribution in [0.1, 0.15) is 10.7 Å². The van der Waals surface area contributed by atoms with Gasteiger partial charge in [0, 0.05) is 11.8 Å². The topological polar surface area (TPSA) is 24.9 Å². The van der Waals surface area contributed by atoms with Crippen molar-refractivity contribution >= 4 is 11.3 Å². The highest BCUT2D eigenvalue weighted by molar-refractivity contribution is 7.09. The fourth-order valence-corrected chi connectivity index (χ4v) is 2.19. The maximum atomic E-state index is 12.2. The molecule has 2 heterocycles. The zero-order valence-electron chi connectivity index (χ0n) is 7.27. The smallest absolute Gasteiger partial charge is 0.316 e. The lowest BCUT2D eigenvalue weighted by atomic mass is 10.0. The number of nitrogens with one attached hydrogen (secondary N) is 1. The third-order valence-corrected chi connectivity index (χ3v) is 3.04. The van der Waals surface area contributed by atoms with Crippen molar-refractivity contribution in [2.24, 2.45) is 5.92 Å². The van der Waals surface area contributed by atoms with Crippen molar-refractivity contribution < 1.29 is 13.2 Å². The molecule has 6 heteroatoms. The monoisotopic (exact) mass is 222 g/mol. The standard InChI is InChI=1S/C8H9F3N2S/c9-8(10,11)6-4-14-7(13-6)1-5-2-12-3-5/h4-5,12H,1-3H2. The Bertz CT molecular complexity index is 317. The maximum absolute atomic E-state index is 12.2. The highest BCUT2D eigenvalue weighted by Crippen LogP contribution is 2.30. The largest absolute Gasteiger partial charge is 0.434 e. The van der Waals surface area contributed by atoms with Crippen LogP contribution >= 0.6 is 11.3 Å². The molecule has 1 aromatic heterocycles. The average molecular weight is 222 g/mol. The molecular formula is C8H9F3N2S. The predicted molar refractivity (Wildman–Crippen MR) is 47.2 cm³/mol. The van der Waals surface area contributed by atoms with Crippen LogP contribution in [0, 0.1) is 5.92 Å². The summed E-state index contributed by atoms with van der Waals surface area (Å²) in [4.78, 5) is 3.57. The molecule has 0 saturated carbocycles. The zero-order valence-corrected chi connectivity index (χ0v) is 8.08. The summed E-state index contributed by atoms with van der Waals surface area (Å²) in [6, 6.07) is 0. The van der Waals surface area contributed by atoms with E-state index in [0.29, 0.717) is 17.3 Å². The van der Waals surface area contributed by atoms with E-state index in [1.807, 2.05) is 0 Å². The van der Waals surface area contributed by atoms with E-state index in [0.717, 1.165) is 29.8 Å². The number of nitrogens with zero attached hydrogens (tertiary/aromatic N) is 1. The van der Waals surface area contributed by atoms with E-state index in [4.69, 9.17) is 0 Å². The lowest BCUT2D eigenvalue weighted by Crippen LogP contribution is -2.43. The van der Waals surface area contributed by atoms with Crippen LogP contribution in [0.5, 0.6) is 0 Å². The number of aromatic nitrogens is 1. The van der Waals surface area contributed by atoms with Crippen molar-refractivity contribution in [2.75, 3.05) is 13.1 Å². The first-order valence-electron chi connectivity index (χ1n) is 4.28. The second-order valence-corrected chi connectivity index (χ2v) is 4.30. The Hall–Kier alpha value is -0.620. The van der Waals surface area contributed by atoms with Gasteiger partial charge in [0.1, 0.15) is 0 Å². The summed E-state index contributed by atoms with van der Waals surface area (Å²) in [6.07, 6.45) is -3.64. The third-order valence-electron chi connectivity index (χ3n) is 2.17. The van der Waals surface area contributed by atoms with Crippen LogP contribution in [0.2, 0.25) is 0 Å². The highest BCUT2D eigenvalue weighted by Gasteiger charge is 2.34. The van der Waals surface area contributed by atoms with Gasteiger partial charge in [-0.15, -0.1) is 11.3 Å². The van der Waals surface area contributed by atoms with Crippen LogP contribution in [0.25, 0.3) is 0 Å². The van der Waals surface area contributed by atoms with E-state index in [-0.39, 0.29) is 0 Å². The minimum Gasteiger partial charge on any atom is -0.316 e. The molecule has 1 aliphatic heterocycles. The lowest BCUT2D eigenvalue weighted by Gasteiger charge is -2.25. The van der Waals surface area contributed by atoms with Gasteiger partial charge in [-0.3, -0.25) is 0 Å². The number of hydrogen-bond acceptors (Lipinski definition) is 3. The second-order valence-electron chi connectivity index (χ2n) is 3.35. The third kappa shape index (κ3) is 2.06. The predicted octanol–water partition coefficient (Wildman–Crippen LogP) is 1.92. The van der Waals surface area contributed by atoms with Crippen molar-refractivity contribution in [3.8, 4) is 0 Å². The number of halogens is 3. The highest BCUT2D eigenvalue weighted by atomic mass is 32.1. The van der Waals surface area contributed by atoms with Crippen molar-refractivity contribution in [1.82, 2.24) is 10.3 Å². The van der Waals surface area contributed by atoms with Crippen molar-refractivity contribution in [2.45, 2.75) is 12.6 Å². The lowest BCUT2D eigenvalue weighted by molar-refractivity contribution is -0.140. The zero-order chi connectivity index (χ0) is 10.2. The fourth-order valence-electron chi connectivity index (χ4n) is 1.27. The van der Waals surface area contributed by atoms with Crippen molar-refractivity contribution in [3.05, 3.63) is 16.1 Å². The first-order chi connectivity index (χ1) is 6.55.